The van der Waals surface area contributed by atoms with Crippen LogP contribution in [0.3, 0.4) is 0 Å². The lowest BCUT2D eigenvalue weighted by atomic mass is 10.1. The van der Waals surface area contributed by atoms with E-state index in [2.05, 4.69) is 31.6 Å². The Bertz CT molecular complexity index is 698. The first-order chi connectivity index (χ1) is 7.77. The molecule has 0 bridgehead atoms. The molecule has 1 aliphatic heterocycles. The molecule has 1 N–H and O–H groups in total. The van der Waals surface area contributed by atoms with Crippen molar-refractivity contribution in [3.05, 3.63) is 47.3 Å². The minimum absolute atomic E-state index is 0.165. The van der Waals surface area contributed by atoms with E-state index in [1.165, 1.54) is 0 Å². The number of aromatic amines is 1. The van der Waals surface area contributed by atoms with Gasteiger partial charge in [-0.1, -0.05) is 32.9 Å². The number of halogens is 2. The fourth-order valence-electron chi connectivity index (χ4n) is 1.75. The summed E-state index contributed by atoms with van der Waals surface area (Å²) in [6.07, 6.45) is 3.91. The molecule has 2 heterocycles. The Kier molecular flexibility index (Phi) is 2.70. The van der Waals surface area contributed by atoms with Gasteiger partial charge in [0.25, 0.3) is 0 Å². The van der Waals surface area contributed by atoms with Crippen LogP contribution in [0.4, 0.5) is 0 Å². The van der Waals surface area contributed by atoms with Crippen LogP contribution >= 0.6 is 43.3 Å². The van der Waals surface area contributed by atoms with E-state index in [1.54, 1.807) is 0 Å². The molecule has 0 amide bonds. The van der Waals surface area contributed by atoms with Crippen LogP contribution in [0.1, 0.15) is 5.56 Å². The SMILES string of the molecule is O=c1c2c([nH]c3cccc(I)c13)I=CC=C2. The number of nitrogens with one attached hydrogen (secondary N) is 1. The summed E-state index contributed by atoms with van der Waals surface area (Å²) < 4.78 is 4.30. The van der Waals surface area contributed by atoms with Crippen molar-refractivity contribution in [2.24, 2.45) is 0 Å². The second kappa shape index (κ2) is 4.06. The number of rotatable bonds is 0. The molecular formula is C12H7I2NO. The summed E-state index contributed by atoms with van der Waals surface area (Å²) in [5, 5.41) is 0.817. The maximum Gasteiger partial charge on any atom is 0.198 e. The van der Waals surface area contributed by atoms with E-state index >= 15 is 0 Å². The molecule has 3 rings (SSSR count). The Morgan fingerprint density at radius 3 is 3.06 bits per heavy atom. The van der Waals surface area contributed by atoms with Gasteiger partial charge in [-0.25, -0.2) is 0 Å². The summed E-state index contributed by atoms with van der Waals surface area (Å²) in [7, 11) is 0. The molecule has 2 aromatic rings. The molecule has 0 unspecified atom stereocenters. The third kappa shape index (κ3) is 1.58. The summed E-state index contributed by atoms with van der Waals surface area (Å²) >= 11 is 2.04. The Balaban J connectivity index is 2.56. The average molecular weight is 435 g/mol. The highest BCUT2D eigenvalue weighted by atomic mass is 127. The van der Waals surface area contributed by atoms with Crippen molar-refractivity contribution < 1.29 is 0 Å². The van der Waals surface area contributed by atoms with E-state index < -0.39 is 0 Å². The first-order valence-corrected chi connectivity index (χ1v) is 8.15. The van der Waals surface area contributed by atoms with Gasteiger partial charge in [0.15, 0.2) is 5.43 Å². The number of pyridine rings is 1. The maximum absolute atomic E-state index is 12.3. The van der Waals surface area contributed by atoms with E-state index in [1.807, 2.05) is 30.4 Å². The normalized spacial score (nSPS) is 13.6. The van der Waals surface area contributed by atoms with Gasteiger partial charge in [-0.05, 0) is 44.8 Å². The van der Waals surface area contributed by atoms with Crippen LogP contribution in [0.15, 0.2) is 29.1 Å². The standard InChI is InChI=1S/C12H7I2NO/c13-8-4-1-5-9-10(8)11(16)7-3-2-6-14-12(7)15-9/h1-6H,(H,15,16). The average Bonchev–Trinajstić information content (AvgIpc) is 2.29. The largest absolute Gasteiger partial charge is 0.350 e. The second-order valence-corrected chi connectivity index (χ2v) is 7.02. The van der Waals surface area contributed by atoms with E-state index in [0.717, 1.165) is 23.7 Å². The van der Waals surface area contributed by atoms with Crippen LogP contribution in [0.2, 0.25) is 0 Å². The van der Waals surface area contributed by atoms with Gasteiger partial charge in [-0.3, -0.25) is 4.79 Å². The predicted molar refractivity (Wildman–Crippen MR) is 85.1 cm³/mol. The molecule has 1 aromatic carbocycles. The molecule has 1 aromatic heterocycles. The topological polar surface area (TPSA) is 32.9 Å². The minimum atomic E-state index is -0.176. The maximum atomic E-state index is 12.3. The molecule has 0 fully saturated rings. The van der Waals surface area contributed by atoms with Gasteiger partial charge in [0.1, 0.15) is 0 Å². The van der Waals surface area contributed by atoms with Gasteiger partial charge in [0, 0.05) is 3.57 Å². The first-order valence-electron chi connectivity index (χ1n) is 4.75. The molecule has 0 saturated heterocycles. The van der Waals surface area contributed by atoms with Crippen molar-refractivity contribution in [2.45, 2.75) is 0 Å². The molecule has 0 aliphatic carbocycles. The molecule has 16 heavy (non-hydrogen) atoms. The highest BCUT2D eigenvalue weighted by Crippen LogP contribution is 2.22. The fourth-order valence-corrected chi connectivity index (χ4v) is 4.47. The van der Waals surface area contributed by atoms with Crippen LogP contribution in [0.5, 0.6) is 0 Å². The summed E-state index contributed by atoms with van der Waals surface area (Å²) in [5.41, 5.74) is 1.98. The van der Waals surface area contributed by atoms with Crippen molar-refractivity contribution in [3.63, 3.8) is 0 Å². The molecule has 0 atom stereocenters. The summed E-state index contributed by atoms with van der Waals surface area (Å²) in [6.45, 7) is 0. The van der Waals surface area contributed by atoms with Crippen LogP contribution < -0.4 is 5.43 Å². The molecule has 1 aliphatic rings. The highest BCUT2D eigenvalue weighted by Gasteiger charge is 2.11. The van der Waals surface area contributed by atoms with Crippen LogP contribution in [-0.2, 0) is 0 Å². The van der Waals surface area contributed by atoms with Crippen LogP contribution in [0.25, 0.3) is 17.0 Å². The van der Waals surface area contributed by atoms with E-state index in [4.69, 9.17) is 0 Å². The number of hydrogen-bond acceptors (Lipinski definition) is 1. The summed E-state index contributed by atoms with van der Waals surface area (Å²) in [4.78, 5) is 15.7. The van der Waals surface area contributed by atoms with Gasteiger partial charge in [0.05, 0.1) is 20.2 Å². The van der Waals surface area contributed by atoms with E-state index in [-0.39, 0.29) is 26.2 Å². The molecule has 2 nitrogen and oxygen atoms in total. The number of fused-ring (bicyclic) bond motifs is 2. The molecule has 0 saturated carbocycles. The lowest BCUT2D eigenvalue weighted by Gasteiger charge is -2.07. The van der Waals surface area contributed by atoms with Gasteiger partial charge >= 0.3 is 0 Å². The smallest absolute Gasteiger partial charge is 0.198 e. The summed E-state index contributed by atoms with van der Waals surface area (Å²) in [5.74, 6) is 0. The quantitative estimate of drug-likeness (QED) is 0.501. The molecular weight excluding hydrogens is 428 g/mol. The third-order valence-electron chi connectivity index (χ3n) is 2.47. The lowest BCUT2D eigenvalue weighted by molar-refractivity contribution is 1.30. The van der Waals surface area contributed by atoms with Crippen molar-refractivity contribution in [3.8, 4) is 0 Å². The third-order valence-corrected chi connectivity index (χ3v) is 5.62. The zero-order valence-corrected chi connectivity index (χ0v) is 12.4. The zero-order valence-electron chi connectivity index (χ0n) is 8.13. The van der Waals surface area contributed by atoms with E-state index in [9.17, 15) is 4.79 Å². The van der Waals surface area contributed by atoms with Crippen LogP contribution in [-0.4, -0.2) is 9.00 Å². The number of hydrogen-bond donors (Lipinski definition) is 1. The summed E-state index contributed by atoms with van der Waals surface area (Å²) in [6, 6.07) is 5.92. The van der Waals surface area contributed by atoms with E-state index in [0.29, 0.717) is 0 Å². The van der Waals surface area contributed by atoms with Gasteiger partial charge < -0.3 is 4.98 Å². The van der Waals surface area contributed by atoms with Crippen LogP contribution in [0, 0.1) is 7.27 Å². The fraction of sp³-hybridized carbons (Fsp3) is 0. The number of H-pyrrole nitrogens is 1. The van der Waals surface area contributed by atoms with Gasteiger partial charge in [-0.15, -0.1) is 0 Å². The zero-order chi connectivity index (χ0) is 11.1. The monoisotopic (exact) mass is 435 g/mol. The second-order valence-electron chi connectivity index (χ2n) is 3.44. The Morgan fingerprint density at radius 1 is 1.31 bits per heavy atom. The molecule has 0 spiro atoms. The van der Waals surface area contributed by atoms with Gasteiger partial charge in [-0.2, -0.15) is 0 Å². The number of aromatic nitrogens is 1. The minimum Gasteiger partial charge on any atom is -0.350 e. The lowest BCUT2D eigenvalue weighted by Crippen LogP contribution is -2.12. The molecule has 4 heteroatoms. The first kappa shape index (κ1) is 10.6. The molecule has 0 radical (unpaired) electrons. The Hall–Kier alpha value is -0.500. The number of allylic oxidation sites excluding steroid dienone is 1. The van der Waals surface area contributed by atoms with Crippen molar-refractivity contribution in [2.75, 3.05) is 0 Å². The predicted octanol–water partition coefficient (Wildman–Crippen LogP) is 3.10. The van der Waals surface area contributed by atoms with Crippen molar-refractivity contribution in [1.29, 1.82) is 0 Å². The Labute approximate surface area is 116 Å². The Morgan fingerprint density at radius 2 is 2.19 bits per heavy atom. The van der Waals surface area contributed by atoms with Crippen molar-refractivity contribution >= 4 is 64.3 Å². The number of benzene rings is 1. The molecule has 80 valence electrons. The van der Waals surface area contributed by atoms with Gasteiger partial charge in [0.2, 0.25) is 0 Å². The highest BCUT2D eigenvalue weighted by molar-refractivity contribution is 14.2. The van der Waals surface area contributed by atoms with Crippen molar-refractivity contribution in [1.82, 2.24) is 4.98 Å².